The Balaban J connectivity index is 1.66. The SMILES string of the molecule is Cc1cc(C)c(NC(=O)Nc2cc(-c3ccc(N)cc3)ccc2C(=O)N[C@H](C(=O)OC(C)(C)C)C2CCCCC2)c(C)c1. The zero-order chi connectivity index (χ0) is 31.3. The van der Waals surface area contributed by atoms with Gasteiger partial charge in [-0.05, 0) is 107 Å². The third-order valence-corrected chi connectivity index (χ3v) is 7.74. The number of rotatable bonds is 7. The van der Waals surface area contributed by atoms with E-state index in [1.807, 2.05) is 71.9 Å². The van der Waals surface area contributed by atoms with Crippen molar-refractivity contribution < 1.29 is 19.1 Å². The van der Waals surface area contributed by atoms with Gasteiger partial charge in [0.15, 0.2) is 0 Å². The highest BCUT2D eigenvalue weighted by Crippen LogP contribution is 2.31. The number of nitrogens with one attached hydrogen (secondary N) is 3. The van der Waals surface area contributed by atoms with E-state index in [4.69, 9.17) is 10.5 Å². The number of benzene rings is 3. The van der Waals surface area contributed by atoms with E-state index in [0.717, 1.165) is 59.9 Å². The summed E-state index contributed by atoms with van der Waals surface area (Å²) < 4.78 is 5.72. The number of aryl methyl sites for hydroxylation is 3. The van der Waals surface area contributed by atoms with Crippen LogP contribution in [-0.4, -0.2) is 29.6 Å². The first-order valence-electron chi connectivity index (χ1n) is 15.0. The molecule has 0 aliphatic heterocycles. The summed E-state index contributed by atoms with van der Waals surface area (Å²) in [5.74, 6) is -0.916. The Bertz CT molecular complexity index is 1460. The van der Waals surface area contributed by atoms with Crippen LogP contribution in [0.2, 0.25) is 0 Å². The molecule has 1 aliphatic rings. The molecule has 3 amide bonds. The van der Waals surface area contributed by atoms with Crippen molar-refractivity contribution in [3.8, 4) is 11.1 Å². The molecule has 1 atom stereocenters. The van der Waals surface area contributed by atoms with Gasteiger partial charge >= 0.3 is 12.0 Å². The highest BCUT2D eigenvalue weighted by Gasteiger charge is 2.35. The minimum absolute atomic E-state index is 0.0196. The van der Waals surface area contributed by atoms with Crippen molar-refractivity contribution in [2.45, 2.75) is 85.3 Å². The summed E-state index contributed by atoms with van der Waals surface area (Å²) in [6.07, 6.45) is 4.79. The molecule has 3 aromatic carbocycles. The van der Waals surface area contributed by atoms with Crippen molar-refractivity contribution in [3.63, 3.8) is 0 Å². The van der Waals surface area contributed by atoms with Gasteiger partial charge in [0.25, 0.3) is 5.91 Å². The Kier molecular flexibility index (Phi) is 9.79. The summed E-state index contributed by atoms with van der Waals surface area (Å²) in [4.78, 5) is 40.5. The first-order valence-corrected chi connectivity index (χ1v) is 15.0. The van der Waals surface area contributed by atoms with E-state index in [2.05, 4.69) is 16.0 Å². The van der Waals surface area contributed by atoms with Crippen molar-refractivity contribution in [2.75, 3.05) is 16.4 Å². The van der Waals surface area contributed by atoms with Gasteiger partial charge in [-0.15, -0.1) is 0 Å². The van der Waals surface area contributed by atoms with Crippen molar-refractivity contribution >= 4 is 35.0 Å². The molecule has 3 aromatic rings. The van der Waals surface area contributed by atoms with Gasteiger partial charge in [-0.2, -0.15) is 0 Å². The average Bonchev–Trinajstić information content (AvgIpc) is 2.93. The zero-order valence-electron chi connectivity index (χ0n) is 26.1. The van der Waals surface area contributed by atoms with E-state index < -0.39 is 29.6 Å². The molecule has 1 aliphatic carbocycles. The quantitative estimate of drug-likeness (QED) is 0.169. The number of carbonyl (C=O) groups is 3. The Morgan fingerprint density at radius 3 is 2.05 bits per heavy atom. The molecule has 0 aromatic heterocycles. The van der Waals surface area contributed by atoms with Gasteiger partial charge in [0.2, 0.25) is 0 Å². The van der Waals surface area contributed by atoms with Crippen molar-refractivity contribution in [1.82, 2.24) is 5.32 Å². The lowest BCUT2D eigenvalue weighted by Crippen LogP contribution is -2.49. The summed E-state index contributed by atoms with van der Waals surface area (Å²) in [7, 11) is 0. The van der Waals surface area contributed by atoms with Crippen LogP contribution in [0.3, 0.4) is 0 Å². The maximum Gasteiger partial charge on any atom is 0.329 e. The molecule has 8 nitrogen and oxygen atoms in total. The van der Waals surface area contributed by atoms with E-state index in [-0.39, 0.29) is 11.5 Å². The number of hydrogen-bond acceptors (Lipinski definition) is 5. The van der Waals surface area contributed by atoms with Crippen LogP contribution >= 0.6 is 0 Å². The predicted octanol–water partition coefficient (Wildman–Crippen LogP) is 7.53. The normalized spacial score (nSPS) is 14.5. The summed E-state index contributed by atoms with van der Waals surface area (Å²) in [5, 5.41) is 8.83. The maximum atomic E-state index is 13.9. The van der Waals surface area contributed by atoms with Crippen LogP contribution in [0.4, 0.5) is 21.9 Å². The largest absolute Gasteiger partial charge is 0.458 e. The van der Waals surface area contributed by atoms with Gasteiger partial charge < -0.3 is 26.4 Å². The van der Waals surface area contributed by atoms with E-state index in [9.17, 15) is 14.4 Å². The number of anilines is 3. The van der Waals surface area contributed by atoms with Gasteiger partial charge in [-0.3, -0.25) is 4.79 Å². The molecule has 4 rings (SSSR count). The molecule has 0 saturated heterocycles. The monoisotopic (exact) mass is 584 g/mol. The second-order valence-electron chi connectivity index (χ2n) is 12.6. The topological polar surface area (TPSA) is 123 Å². The molecule has 1 saturated carbocycles. The summed E-state index contributed by atoms with van der Waals surface area (Å²) in [6.45, 7) is 11.3. The van der Waals surface area contributed by atoms with Gasteiger partial charge in [-0.25, -0.2) is 9.59 Å². The molecule has 5 N–H and O–H groups in total. The average molecular weight is 585 g/mol. The molecule has 0 radical (unpaired) electrons. The molecule has 0 bridgehead atoms. The molecule has 8 heteroatoms. The summed E-state index contributed by atoms with van der Waals surface area (Å²) >= 11 is 0. The van der Waals surface area contributed by atoms with Gasteiger partial charge in [0.05, 0.1) is 11.3 Å². The summed E-state index contributed by atoms with van der Waals surface area (Å²) in [5.41, 5.74) is 11.8. The fourth-order valence-electron chi connectivity index (χ4n) is 5.77. The van der Waals surface area contributed by atoms with E-state index in [1.54, 1.807) is 24.3 Å². The Hall–Kier alpha value is -4.33. The van der Waals surface area contributed by atoms with Gasteiger partial charge in [0.1, 0.15) is 11.6 Å². The molecule has 43 heavy (non-hydrogen) atoms. The fourth-order valence-corrected chi connectivity index (χ4v) is 5.77. The molecule has 0 unspecified atom stereocenters. The molecule has 0 heterocycles. The zero-order valence-corrected chi connectivity index (χ0v) is 26.1. The lowest BCUT2D eigenvalue weighted by molar-refractivity contribution is -0.159. The Labute approximate surface area is 254 Å². The number of hydrogen-bond donors (Lipinski definition) is 4. The summed E-state index contributed by atoms with van der Waals surface area (Å²) in [6, 6.07) is 15.4. The number of ether oxygens (including phenoxy) is 1. The van der Waals surface area contributed by atoms with Crippen LogP contribution in [0.25, 0.3) is 11.1 Å². The lowest BCUT2D eigenvalue weighted by atomic mass is 9.83. The van der Waals surface area contributed by atoms with Crippen LogP contribution in [0.1, 0.15) is 79.9 Å². The van der Waals surface area contributed by atoms with Crippen LogP contribution < -0.4 is 21.7 Å². The standard InChI is InChI=1S/C35H44N4O4/c1-21-18-22(2)30(23(3)19-21)39-34(42)37-29-20-26(24-12-15-27(36)16-13-24)14-17-28(29)32(40)38-31(25-10-8-7-9-11-25)33(41)43-35(4,5)6/h12-20,25,31H,7-11,36H2,1-6H3,(H,38,40)(H2,37,39,42)/t31-/m0/s1. The minimum Gasteiger partial charge on any atom is -0.458 e. The fraction of sp³-hybridized carbons (Fsp3) is 0.400. The first-order chi connectivity index (χ1) is 20.3. The van der Waals surface area contributed by atoms with Crippen molar-refractivity contribution in [3.05, 3.63) is 76.9 Å². The number of esters is 1. The predicted molar refractivity (Wildman–Crippen MR) is 173 cm³/mol. The van der Waals surface area contributed by atoms with E-state index >= 15 is 0 Å². The maximum absolute atomic E-state index is 13.9. The number of nitrogen functional groups attached to an aromatic ring is 1. The Morgan fingerprint density at radius 2 is 1.44 bits per heavy atom. The minimum atomic E-state index is -0.789. The van der Waals surface area contributed by atoms with Crippen LogP contribution in [-0.2, 0) is 9.53 Å². The van der Waals surface area contributed by atoms with Gasteiger partial charge in [0, 0.05) is 11.4 Å². The number of nitrogens with two attached hydrogens (primary N) is 1. The molecular weight excluding hydrogens is 540 g/mol. The first kappa shape index (κ1) is 31.6. The number of carbonyl (C=O) groups excluding carboxylic acids is 3. The van der Waals surface area contributed by atoms with Crippen molar-refractivity contribution in [1.29, 1.82) is 0 Å². The smallest absolute Gasteiger partial charge is 0.329 e. The van der Waals surface area contributed by atoms with E-state index in [0.29, 0.717) is 17.1 Å². The number of amides is 3. The van der Waals surface area contributed by atoms with Crippen molar-refractivity contribution in [2.24, 2.45) is 5.92 Å². The van der Waals surface area contributed by atoms with Crippen LogP contribution in [0.15, 0.2) is 54.6 Å². The third kappa shape index (κ3) is 8.37. The van der Waals surface area contributed by atoms with Gasteiger partial charge in [-0.1, -0.05) is 55.2 Å². The van der Waals surface area contributed by atoms with Crippen LogP contribution in [0, 0.1) is 26.7 Å². The highest BCUT2D eigenvalue weighted by atomic mass is 16.6. The highest BCUT2D eigenvalue weighted by molar-refractivity contribution is 6.08. The lowest BCUT2D eigenvalue weighted by Gasteiger charge is -2.32. The van der Waals surface area contributed by atoms with Crippen LogP contribution in [0.5, 0.6) is 0 Å². The second kappa shape index (κ2) is 13.3. The second-order valence-corrected chi connectivity index (χ2v) is 12.6. The number of urea groups is 1. The molecular formula is C35H44N4O4. The molecule has 228 valence electrons. The molecule has 0 spiro atoms. The molecule has 1 fully saturated rings. The third-order valence-electron chi connectivity index (χ3n) is 7.74. The van der Waals surface area contributed by atoms with E-state index in [1.165, 1.54) is 0 Å². The Morgan fingerprint density at radius 1 is 0.837 bits per heavy atom.